The van der Waals surface area contributed by atoms with Gasteiger partial charge in [-0.15, -0.1) is 0 Å². The third-order valence-corrected chi connectivity index (χ3v) is 3.15. The molecule has 0 aliphatic rings. The second-order valence-corrected chi connectivity index (χ2v) is 5.58. The van der Waals surface area contributed by atoms with Crippen LogP contribution >= 0.6 is 15.9 Å². The molecule has 0 bridgehead atoms. The monoisotopic (exact) mass is 346 g/mol. The maximum absolute atomic E-state index is 13.1. The highest BCUT2D eigenvalue weighted by atomic mass is 79.9. The number of carbonyl (C=O) groups is 2. The summed E-state index contributed by atoms with van der Waals surface area (Å²) >= 11 is 3.12. The number of benzene rings is 1. The molecule has 0 saturated carbocycles. The van der Waals surface area contributed by atoms with Crippen LogP contribution in [0.1, 0.15) is 20.8 Å². The number of rotatable bonds is 6. The van der Waals surface area contributed by atoms with Crippen molar-refractivity contribution >= 4 is 27.7 Å². The van der Waals surface area contributed by atoms with Gasteiger partial charge in [-0.1, -0.05) is 15.9 Å². The van der Waals surface area contributed by atoms with E-state index in [-0.39, 0.29) is 19.0 Å². The summed E-state index contributed by atoms with van der Waals surface area (Å²) in [5, 5.41) is 0. The lowest BCUT2D eigenvalue weighted by molar-refractivity contribution is -0.158. The first-order valence-corrected chi connectivity index (χ1v) is 6.86. The van der Waals surface area contributed by atoms with Gasteiger partial charge in [0.15, 0.2) is 5.78 Å². The van der Waals surface area contributed by atoms with Gasteiger partial charge in [-0.2, -0.15) is 0 Å². The van der Waals surface area contributed by atoms with Gasteiger partial charge in [-0.3, -0.25) is 9.59 Å². The molecule has 0 aliphatic heterocycles. The molecule has 0 aromatic heterocycles. The smallest absolute Gasteiger partial charge is 0.319 e. The Hall–Kier alpha value is -1.43. The van der Waals surface area contributed by atoms with Gasteiger partial charge >= 0.3 is 5.97 Å². The predicted molar refractivity (Wildman–Crippen MR) is 75.0 cm³/mol. The fourth-order valence-corrected chi connectivity index (χ4v) is 1.81. The van der Waals surface area contributed by atoms with Gasteiger partial charge in [-0.25, -0.2) is 4.39 Å². The third-order valence-electron chi connectivity index (χ3n) is 2.69. The highest BCUT2D eigenvalue weighted by Gasteiger charge is 2.37. The molecule has 0 unspecified atom stereocenters. The number of ether oxygens (including phenoxy) is 2. The molecule has 0 amide bonds. The first-order chi connectivity index (χ1) is 9.27. The highest BCUT2D eigenvalue weighted by Crippen LogP contribution is 2.23. The molecule has 0 radical (unpaired) electrons. The summed E-state index contributed by atoms with van der Waals surface area (Å²) < 4.78 is 23.7. The molecule has 4 nitrogen and oxygen atoms in total. The van der Waals surface area contributed by atoms with E-state index in [0.717, 1.165) is 6.07 Å². The molecule has 0 atom stereocenters. The minimum Gasteiger partial charge on any atom is -0.486 e. The summed E-state index contributed by atoms with van der Waals surface area (Å²) in [6.45, 7) is 4.48. The molecule has 0 fully saturated rings. The largest absolute Gasteiger partial charge is 0.486 e. The number of hydrogen-bond donors (Lipinski definition) is 0. The maximum atomic E-state index is 13.1. The molecular formula is C14H16BrFO4. The SMILES string of the molecule is CCOC(=O)C(C)(C)C(=O)COc1cc(F)cc(Br)c1. The number of halogens is 2. The quantitative estimate of drug-likeness (QED) is 0.586. The standard InChI is InChI=1S/C14H16BrFO4/c1-4-19-13(18)14(2,3)12(17)8-20-11-6-9(15)5-10(16)7-11/h5-7H,4,8H2,1-3H3. The van der Waals surface area contributed by atoms with Crippen molar-refractivity contribution in [2.75, 3.05) is 13.2 Å². The Morgan fingerprint density at radius 2 is 1.95 bits per heavy atom. The number of hydrogen-bond acceptors (Lipinski definition) is 4. The van der Waals surface area contributed by atoms with Crippen LogP contribution in [0.25, 0.3) is 0 Å². The van der Waals surface area contributed by atoms with E-state index in [1.807, 2.05) is 0 Å². The zero-order chi connectivity index (χ0) is 15.3. The lowest BCUT2D eigenvalue weighted by atomic mass is 9.88. The minimum absolute atomic E-state index is 0.202. The van der Waals surface area contributed by atoms with Crippen molar-refractivity contribution in [2.45, 2.75) is 20.8 Å². The van der Waals surface area contributed by atoms with Crippen LogP contribution in [0.4, 0.5) is 4.39 Å². The lowest BCUT2D eigenvalue weighted by Gasteiger charge is -2.20. The Labute approximate surface area is 125 Å². The lowest BCUT2D eigenvalue weighted by Crippen LogP contribution is -2.38. The predicted octanol–water partition coefficient (Wildman–Crippen LogP) is 3.13. The summed E-state index contributed by atoms with van der Waals surface area (Å²) in [6, 6.07) is 3.97. The number of Topliss-reactive ketones (excluding diaryl/α,β-unsaturated/α-hetero) is 1. The van der Waals surface area contributed by atoms with Gasteiger partial charge in [0.25, 0.3) is 0 Å². The third kappa shape index (κ3) is 4.30. The molecule has 1 aromatic rings. The van der Waals surface area contributed by atoms with Crippen LogP contribution < -0.4 is 4.74 Å². The highest BCUT2D eigenvalue weighted by molar-refractivity contribution is 9.10. The van der Waals surface area contributed by atoms with Crippen LogP contribution in [0.2, 0.25) is 0 Å². The van der Waals surface area contributed by atoms with E-state index in [4.69, 9.17) is 9.47 Å². The van der Waals surface area contributed by atoms with E-state index in [1.165, 1.54) is 26.0 Å². The van der Waals surface area contributed by atoms with E-state index in [9.17, 15) is 14.0 Å². The fraction of sp³-hybridized carbons (Fsp3) is 0.429. The Kier molecular flexibility index (Phi) is 5.68. The molecular weight excluding hydrogens is 331 g/mol. The molecule has 0 aliphatic carbocycles. The molecule has 0 N–H and O–H groups in total. The van der Waals surface area contributed by atoms with E-state index in [0.29, 0.717) is 4.47 Å². The second-order valence-electron chi connectivity index (χ2n) is 4.66. The summed E-state index contributed by atoms with van der Waals surface area (Å²) in [6.07, 6.45) is 0. The van der Waals surface area contributed by atoms with Crippen molar-refractivity contribution in [1.29, 1.82) is 0 Å². The molecule has 110 valence electrons. The van der Waals surface area contributed by atoms with Crippen LogP contribution in [-0.4, -0.2) is 25.0 Å². The maximum Gasteiger partial charge on any atom is 0.319 e. The second kappa shape index (κ2) is 6.83. The summed E-state index contributed by atoms with van der Waals surface area (Å²) in [5.74, 6) is -1.30. The van der Waals surface area contributed by atoms with E-state index < -0.39 is 23.0 Å². The zero-order valence-electron chi connectivity index (χ0n) is 11.5. The molecule has 0 heterocycles. The van der Waals surface area contributed by atoms with Crippen molar-refractivity contribution in [1.82, 2.24) is 0 Å². The average molecular weight is 347 g/mol. The molecule has 1 aromatic carbocycles. The van der Waals surface area contributed by atoms with Gasteiger partial charge in [0.1, 0.15) is 23.6 Å². The molecule has 6 heteroatoms. The van der Waals surface area contributed by atoms with Gasteiger partial charge in [0, 0.05) is 10.5 Å². The topological polar surface area (TPSA) is 52.6 Å². The van der Waals surface area contributed by atoms with Crippen molar-refractivity contribution < 1.29 is 23.5 Å². The van der Waals surface area contributed by atoms with Gasteiger partial charge in [-0.05, 0) is 32.9 Å². The Balaban J connectivity index is 2.69. The first kappa shape index (κ1) is 16.6. The van der Waals surface area contributed by atoms with Gasteiger partial charge in [0.2, 0.25) is 0 Å². The van der Waals surface area contributed by atoms with Gasteiger partial charge < -0.3 is 9.47 Å². The Morgan fingerprint density at radius 1 is 1.30 bits per heavy atom. The summed E-state index contributed by atoms with van der Waals surface area (Å²) in [5.41, 5.74) is -1.29. The summed E-state index contributed by atoms with van der Waals surface area (Å²) in [7, 11) is 0. The average Bonchev–Trinajstić information content (AvgIpc) is 2.34. The molecule has 20 heavy (non-hydrogen) atoms. The van der Waals surface area contributed by atoms with Crippen LogP contribution in [0.15, 0.2) is 22.7 Å². The van der Waals surface area contributed by atoms with E-state index in [1.54, 1.807) is 6.92 Å². The summed E-state index contributed by atoms with van der Waals surface area (Å²) in [4.78, 5) is 23.7. The number of carbonyl (C=O) groups excluding carboxylic acids is 2. The molecule has 0 spiro atoms. The fourth-order valence-electron chi connectivity index (χ4n) is 1.37. The molecule has 0 saturated heterocycles. The van der Waals surface area contributed by atoms with Crippen molar-refractivity contribution in [3.63, 3.8) is 0 Å². The minimum atomic E-state index is -1.29. The van der Waals surface area contributed by atoms with Crippen molar-refractivity contribution in [3.8, 4) is 5.75 Å². The first-order valence-electron chi connectivity index (χ1n) is 6.06. The van der Waals surface area contributed by atoms with Crippen LogP contribution in [0, 0.1) is 11.2 Å². The molecule has 1 rings (SSSR count). The van der Waals surface area contributed by atoms with Crippen LogP contribution in [-0.2, 0) is 14.3 Å². The number of ketones is 1. The van der Waals surface area contributed by atoms with E-state index >= 15 is 0 Å². The number of esters is 1. The van der Waals surface area contributed by atoms with Crippen LogP contribution in [0.3, 0.4) is 0 Å². The van der Waals surface area contributed by atoms with Crippen molar-refractivity contribution in [2.24, 2.45) is 5.41 Å². The van der Waals surface area contributed by atoms with Crippen molar-refractivity contribution in [3.05, 3.63) is 28.5 Å². The normalized spacial score (nSPS) is 11.1. The van der Waals surface area contributed by atoms with E-state index in [2.05, 4.69) is 15.9 Å². The Morgan fingerprint density at radius 3 is 2.50 bits per heavy atom. The van der Waals surface area contributed by atoms with Gasteiger partial charge in [0.05, 0.1) is 6.61 Å². The van der Waals surface area contributed by atoms with Crippen LogP contribution in [0.5, 0.6) is 5.75 Å². The zero-order valence-corrected chi connectivity index (χ0v) is 13.1. The Bertz CT molecular complexity index is 494.